The molecule has 0 spiro atoms. The molecule has 0 radical (unpaired) electrons. The van der Waals surface area contributed by atoms with Gasteiger partial charge in [-0.05, 0) is 25.5 Å². The molecule has 1 aliphatic rings. The minimum atomic E-state index is -0.821. The van der Waals surface area contributed by atoms with E-state index in [0.717, 1.165) is 0 Å². The summed E-state index contributed by atoms with van der Waals surface area (Å²) in [6.07, 6.45) is 0. The van der Waals surface area contributed by atoms with Crippen molar-refractivity contribution in [2.45, 2.75) is 19.8 Å². The van der Waals surface area contributed by atoms with Crippen LogP contribution in [0.4, 0.5) is 0 Å². The second-order valence-electron chi connectivity index (χ2n) is 6.30. The number of benzene rings is 1. The van der Waals surface area contributed by atoms with Crippen molar-refractivity contribution in [3.05, 3.63) is 45.1 Å². The van der Waals surface area contributed by atoms with Crippen molar-refractivity contribution in [3.63, 3.8) is 0 Å². The summed E-state index contributed by atoms with van der Waals surface area (Å²) in [5.74, 6) is -1.44. The molecular formula is C20H24Cl2N2O4S. The van der Waals surface area contributed by atoms with Gasteiger partial charge in [0.15, 0.2) is 0 Å². The molecule has 0 amide bonds. The van der Waals surface area contributed by atoms with Gasteiger partial charge in [-0.2, -0.15) is 11.8 Å². The number of halogens is 2. The fourth-order valence-corrected chi connectivity index (χ4v) is 4.42. The highest BCUT2D eigenvalue weighted by atomic mass is 35.5. The number of ether oxygens (including phenoxy) is 2. The first-order chi connectivity index (χ1) is 13.9. The highest BCUT2D eigenvalue weighted by molar-refractivity contribution is 7.99. The van der Waals surface area contributed by atoms with Crippen LogP contribution in [0.5, 0.6) is 0 Å². The molecule has 0 saturated carbocycles. The molecule has 1 aromatic carbocycles. The molecule has 9 heteroatoms. The third-order valence-electron chi connectivity index (χ3n) is 4.48. The Bertz CT molecular complexity index is 842. The van der Waals surface area contributed by atoms with Gasteiger partial charge in [-0.15, -0.1) is 0 Å². The van der Waals surface area contributed by atoms with Crippen LogP contribution >= 0.6 is 35.0 Å². The Hall–Kier alpha value is -1.54. The number of nitrogens with two attached hydrogens (primary N) is 1. The minimum absolute atomic E-state index is 0.188. The molecule has 0 aliphatic carbocycles. The van der Waals surface area contributed by atoms with Crippen molar-refractivity contribution in [2.24, 2.45) is 16.6 Å². The molecular weight excluding hydrogens is 435 g/mol. The van der Waals surface area contributed by atoms with E-state index in [1.807, 2.05) is 0 Å². The van der Waals surface area contributed by atoms with E-state index < -0.39 is 23.8 Å². The number of hydrogen-bond donors (Lipinski definition) is 1. The highest BCUT2D eigenvalue weighted by Gasteiger charge is 2.43. The van der Waals surface area contributed by atoms with Gasteiger partial charge in [-0.1, -0.05) is 35.3 Å². The van der Waals surface area contributed by atoms with E-state index in [0.29, 0.717) is 45.6 Å². The van der Waals surface area contributed by atoms with E-state index >= 15 is 0 Å². The highest BCUT2D eigenvalue weighted by Crippen LogP contribution is 2.44. The molecule has 2 unspecified atom stereocenters. The Morgan fingerprint density at radius 3 is 2.66 bits per heavy atom. The van der Waals surface area contributed by atoms with Crippen molar-refractivity contribution in [2.75, 3.05) is 31.8 Å². The third-order valence-corrected chi connectivity index (χ3v) is 6.32. The summed E-state index contributed by atoms with van der Waals surface area (Å²) in [5.41, 5.74) is 7.51. The Morgan fingerprint density at radius 2 is 2.03 bits per heavy atom. The maximum Gasteiger partial charge on any atom is 0.336 e. The van der Waals surface area contributed by atoms with Gasteiger partial charge < -0.3 is 15.2 Å². The van der Waals surface area contributed by atoms with E-state index in [2.05, 4.69) is 4.99 Å². The first-order valence-corrected chi connectivity index (χ1v) is 11.0. The summed E-state index contributed by atoms with van der Waals surface area (Å²) in [5, 5.41) is 0.605. The lowest BCUT2D eigenvalue weighted by Crippen LogP contribution is -2.37. The molecule has 6 nitrogen and oxygen atoms in total. The van der Waals surface area contributed by atoms with Crippen LogP contribution in [-0.2, 0) is 19.1 Å². The van der Waals surface area contributed by atoms with Crippen LogP contribution in [0.1, 0.15) is 25.3 Å². The van der Waals surface area contributed by atoms with Crippen LogP contribution in [0.25, 0.3) is 0 Å². The Kier molecular flexibility index (Phi) is 9.02. The van der Waals surface area contributed by atoms with Gasteiger partial charge in [-0.3, -0.25) is 9.79 Å². The van der Waals surface area contributed by atoms with Gasteiger partial charge in [-0.25, -0.2) is 4.79 Å². The summed E-state index contributed by atoms with van der Waals surface area (Å²) in [6, 6.07) is 5.12. The van der Waals surface area contributed by atoms with Gasteiger partial charge in [0.2, 0.25) is 0 Å². The predicted molar refractivity (Wildman–Crippen MR) is 118 cm³/mol. The van der Waals surface area contributed by atoms with Crippen molar-refractivity contribution >= 4 is 52.6 Å². The summed E-state index contributed by atoms with van der Waals surface area (Å²) < 4.78 is 10.3. The van der Waals surface area contributed by atoms with E-state index in [-0.39, 0.29) is 11.6 Å². The quantitative estimate of drug-likeness (QED) is 0.469. The Balaban J connectivity index is 2.72. The molecule has 1 heterocycles. The first-order valence-electron chi connectivity index (χ1n) is 9.12. The first kappa shape index (κ1) is 23.7. The van der Waals surface area contributed by atoms with E-state index in [1.165, 1.54) is 7.11 Å². The molecule has 0 bridgehead atoms. The van der Waals surface area contributed by atoms with Crippen LogP contribution in [0.15, 0.2) is 34.5 Å². The molecule has 2 rings (SSSR count). The average Bonchev–Trinajstić information content (AvgIpc) is 2.69. The van der Waals surface area contributed by atoms with Crippen LogP contribution in [0, 0.1) is 5.92 Å². The van der Waals surface area contributed by atoms with E-state index in [1.54, 1.807) is 43.8 Å². The maximum absolute atomic E-state index is 13.0. The largest absolute Gasteiger partial charge is 0.468 e. The van der Waals surface area contributed by atoms with Crippen molar-refractivity contribution < 1.29 is 19.1 Å². The zero-order chi connectivity index (χ0) is 21.6. The van der Waals surface area contributed by atoms with E-state index in [9.17, 15) is 9.59 Å². The van der Waals surface area contributed by atoms with Crippen LogP contribution in [0.3, 0.4) is 0 Å². The predicted octanol–water partition coefficient (Wildman–Crippen LogP) is 3.85. The summed E-state index contributed by atoms with van der Waals surface area (Å²) in [7, 11) is 1.30. The van der Waals surface area contributed by atoms with Gasteiger partial charge in [0, 0.05) is 29.7 Å². The third kappa shape index (κ3) is 5.34. The zero-order valence-electron chi connectivity index (χ0n) is 16.5. The lowest BCUT2D eigenvalue weighted by molar-refractivity contribution is -0.144. The number of esters is 2. The van der Waals surface area contributed by atoms with Gasteiger partial charge in [0.25, 0.3) is 0 Å². The van der Waals surface area contributed by atoms with Gasteiger partial charge >= 0.3 is 11.9 Å². The Morgan fingerprint density at radius 1 is 1.31 bits per heavy atom. The molecule has 0 aromatic heterocycles. The monoisotopic (exact) mass is 458 g/mol. The summed E-state index contributed by atoms with van der Waals surface area (Å²) in [4.78, 5) is 30.2. The van der Waals surface area contributed by atoms with Gasteiger partial charge in [0.05, 0.1) is 35.0 Å². The standard InChI is InChI=1S/C20H24Cl2N2O4S/c1-4-28-20(26)17-14(10-29-9-8-23)24-11(2)15(19(25)27-3)16(17)12-6-5-7-13(21)18(12)22/h5-7,15-16H,4,8-10,23H2,1-3H3. The normalized spacial score (nSPS) is 19.0. The number of carbonyl (C=O) groups is 2. The smallest absolute Gasteiger partial charge is 0.336 e. The second-order valence-corrected chi connectivity index (χ2v) is 8.19. The van der Waals surface area contributed by atoms with Crippen LogP contribution in [0.2, 0.25) is 10.0 Å². The molecule has 2 N–H and O–H groups in total. The minimum Gasteiger partial charge on any atom is -0.468 e. The average molecular weight is 459 g/mol. The molecule has 1 aliphatic heterocycles. The molecule has 0 fully saturated rings. The zero-order valence-corrected chi connectivity index (χ0v) is 18.9. The SMILES string of the molecule is CCOC(=O)C1=C(CSCCN)N=C(C)C(C(=O)OC)C1c1cccc(Cl)c1Cl. The van der Waals surface area contributed by atoms with Gasteiger partial charge in [0.1, 0.15) is 5.92 Å². The number of thioether (sulfide) groups is 1. The number of carbonyl (C=O) groups excluding carboxylic acids is 2. The number of rotatable bonds is 8. The Labute approximate surface area is 184 Å². The number of hydrogen-bond acceptors (Lipinski definition) is 7. The lowest BCUT2D eigenvalue weighted by Gasteiger charge is -2.32. The fraction of sp³-hybridized carbons (Fsp3) is 0.450. The molecule has 158 valence electrons. The van der Waals surface area contributed by atoms with Crippen molar-refractivity contribution in [3.8, 4) is 0 Å². The summed E-state index contributed by atoms with van der Waals surface area (Å²) >= 11 is 14.3. The topological polar surface area (TPSA) is 91.0 Å². The van der Waals surface area contributed by atoms with Crippen molar-refractivity contribution in [1.29, 1.82) is 0 Å². The number of nitrogens with zero attached hydrogens (tertiary/aromatic N) is 1. The lowest BCUT2D eigenvalue weighted by atomic mass is 9.75. The van der Waals surface area contributed by atoms with Crippen molar-refractivity contribution in [1.82, 2.24) is 0 Å². The fourth-order valence-electron chi connectivity index (χ4n) is 3.28. The number of methoxy groups -OCH3 is 1. The molecule has 29 heavy (non-hydrogen) atoms. The molecule has 1 aromatic rings. The molecule has 2 atom stereocenters. The second kappa shape index (κ2) is 11.0. The summed E-state index contributed by atoms with van der Waals surface area (Å²) in [6.45, 7) is 4.15. The number of aliphatic imine (C=N–C) groups is 1. The van der Waals surface area contributed by atoms with E-state index in [4.69, 9.17) is 38.4 Å². The molecule has 0 saturated heterocycles. The van der Waals surface area contributed by atoms with Crippen LogP contribution < -0.4 is 5.73 Å². The van der Waals surface area contributed by atoms with Crippen LogP contribution in [-0.4, -0.2) is 49.4 Å². The maximum atomic E-state index is 13.0.